The Balaban J connectivity index is 1.72. The fraction of sp³-hybridized carbons (Fsp3) is 0.684. The molecule has 0 radical (unpaired) electrons. The number of hydrogen-bond acceptors (Lipinski definition) is 5. The van der Waals surface area contributed by atoms with Gasteiger partial charge in [0.2, 0.25) is 5.91 Å². The van der Waals surface area contributed by atoms with E-state index < -0.39 is 48.0 Å². The third-order valence-corrected chi connectivity index (χ3v) is 6.00. The number of likely N-dealkylation sites (tertiary alicyclic amines) is 1. The number of carbonyl (C=O) groups excluding carboxylic acids is 2. The molecule has 0 bridgehead atoms. The minimum absolute atomic E-state index is 0.0706. The van der Waals surface area contributed by atoms with Gasteiger partial charge in [-0.2, -0.15) is 13.2 Å². The average Bonchev–Trinajstić information content (AvgIpc) is 2.67. The van der Waals surface area contributed by atoms with E-state index in [0.29, 0.717) is 43.5 Å². The lowest BCUT2D eigenvalue weighted by Crippen LogP contribution is -2.69. The Labute approximate surface area is 171 Å². The van der Waals surface area contributed by atoms with Gasteiger partial charge in [-0.3, -0.25) is 9.79 Å². The maximum atomic E-state index is 13.6. The van der Waals surface area contributed by atoms with E-state index in [-0.39, 0.29) is 12.3 Å². The van der Waals surface area contributed by atoms with Crippen LogP contribution in [-0.4, -0.2) is 58.6 Å². The smallest absolute Gasteiger partial charge is 0.408 e. The first-order valence-corrected chi connectivity index (χ1v) is 10.0. The van der Waals surface area contributed by atoms with E-state index in [9.17, 15) is 32.7 Å². The van der Waals surface area contributed by atoms with Crippen molar-refractivity contribution < 1.29 is 32.7 Å². The molecular weight excluding hydrogens is 405 g/mol. The van der Waals surface area contributed by atoms with Crippen LogP contribution in [0.5, 0.6) is 0 Å². The van der Waals surface area contributed by atoms with E-state index in [1.807, 2.05) is 5.32 Å². The number of imide groups is 1. The molecule has 2 fully saturated rings. The number of nitrogens with two attached hydrogens (primary N) is 1. The van der Waals surface area contributed by atoms with E-state index in [1.165, 1.54) is 0 Å². The standard InChI is InChI=1S/C19H25F3N4O4/c20-19(21,22)15(11-4-2-1-3-5-11)25-18(30)26-14(17(28)29)12(16(26)27)8-10-6-7-24-13(23)9-10/h9,11-12,14-15H,1-8H2,(H2,23,24)(H,25,30)(H,28,29)/t12-,14+,15+/m1/s1. The second-order valence-corrected chi connectivity index (χ2v) is 8.03. The number of β-lactam (4-membered cyclic amide) rings is 1. The van der Waals surface area contributed by atoms with Crippen LogP contribution in [0, 0.1) is 11.8 Å². The normalized spacial score (nSPS) is 26.4. The summed E-state index contributed by atoms with van der Waals surface area (Å²) in [7, 11) is 0. The predicted molar refractivity (Wildman–Crippen MR) is 101 cm³/mol. The molecule has 1 saturated heterocycles. The Hall–Kier alpha value is -2.59. The van der Waals surface area contributed by atoms with Gasteiger partial charge in [-0.15, -0.1) is 0 Å². The largest absolute Gasteiger partial charge is 0.480 e. The van der Waals surface area contributed by atoms with Gasteiger partial charge in [-0.05, 0) is 37.7 Å². The molecule has 3 atom stereocenters. The van der Waals surface area contributed by atoms with Crippen LogP contribution in [0.3, 0.4) is 0 Å². The number of halogens is 3. The van der Waals surface area contributed by atoms with Crippen LogP contribution < -0.4 is 11.1 Å². The molecule has 0 aromatic carbocycles. The van der Waals surface area contributed by atoms with Crippen molar-refractivity contribution in [3.05, 3.63) is 11.6 Å². The molecule has 3 aliphatic rings. The van der Waals surface area contributed by atoms with Crippen LogP contribution in [0.4, 0.5) is 18.0 Å². The Morgan fingerprint density at radius 3 is 2.53 bits per heavy atom. The number of dihydropyridines is 1. The molecule has 0 aromatic heterocycles. The molecule has 0 spiro atoms. The fourth-order valence-electron chi connectivity index (χ4n) is 4.49. The second kappa shape index (κ2) is 8.65. The summed E-state index contributed by atoms with van der Waals surface area (Å²) >= 11 is 0. The van der Waals surface area contributed by atoms with Crippen molar-refractivity contribution in [2.75, 3.05) is 6.54 Å². The molecule has 11 heteroatoms. The molecule has 8 nitrogen and oxygen atoms in total. The maximum Gasteiger partial charge on any atom is 0.408 e. The van der Waals surface area contributed by atoms with E-state index in [1.54, 1.807) is 6.08 Å². The Morgan fingerprint density at radius 2 is 1.97 bits per heavy atom. The monoisotopic (exact) mass is 430 g/mol. The molecule has 166 valence electrons. The number of amidine groups is 1. The number of carbonyl (C=O) groups is 3. The van der Waals surface area contributed by atoms with Crippen molar-refractivity contribution in [3.8, 4) is 0 Å². The number of amides is 3. The highest BCUT2D eigenvalue weighted by molar-refractivity contribution is 6.07. The van der Waals surface area contributed by atoms with Gasteiger partial charge in [-0.25, -0.2) is 14.5 Å². The molecule has 0 aromatic rings. The maximum absolute atomic E-state index is 13.6. The van der Waals surface area contributed by atoms with Crippen molar-refractivity contribution in [1.82, 2.24) is 10.2 Å². The lowest BCUT2D eigenvalue weighted by molar-refractivity contribution is -0.172. The van der Waals surface area contributed by atoms with E-state index >= 15 is 0 Å². The quantitative estimate of drug-likeness (QED) is 0.577. The molecule has 2 aliphatic heterocycles. The second-order valence-electron chi connectivity index (χ2n) is 8.03. The van der Waals surface area contributed by atoms with Crippen LogP contribution in [0.15, 0.2) is 16.6 Å². The molecule has 1 saturated carbocycles. The number of aliphatic carboxylic acids is 1. The Kier molecular flexibility index (Phi) is 6.37. The Bertz CT molecular complexity index is 774. The number of rotatable bonds is 5. The van der Waals surface area contributed by atoms with Crippen LogP contribution in [0.25, 0.3) is 0 Å². The highest BCUT2D eigenvalue weighted by atomic mass is 19.4. The fourth-order valence-corrected chi connectivity index (χ4v) is 4.49. The van der Waals surface area contributed by atoms with Gasteiger partial charge in [-0.1, -0.05) is 24.8 Å². The zero-order valence-electron chi connectivity index (χ0n) is 16.3. The van der Waals surface area contributed by atoms with Crippen LogP contribution >= 0.6 is 0 Å². The molecule has 2 heterocycles. The molecular formula is C19H25F3N4O4. The third kappa shape index (κ3) is 4.59. The topological polar surface area (TPSA) is 125 Å². The summed E-state index contributed by atoms with van der Waals surface area (Å²) in [6.07, 6.45) is 0.194. The summed E-state index contributed by atoms with van der Waals surface area (Å²) in [4.78, 5) is 41.1. The first kappa shape index (κ1) is 22.1. The minimum atomic E-state index is -4.69. The zero-order chi connectivity index (χ0) is 22.1. The SMILES string of the molecule is NC1=NCCC(C[C@H]2C(=O)N(C(=O)N[C@@H](C3CCCCC3)C(F)(F)F)[C@@H]2C(=O)O)=C1. The average molecular weight is 430 g/mol. The number of carboxylic acids is 1. The number of nitrogens with one attached hydrogen (secondary N) is 1. The summed E-state index contributed by atoms with van der Waals surface area (Å²) in [5.41, 5.74) is 6.35. The van der Waals surface area contributed by atoms with Crippen molar-refractivity contribution in [1.29, 1.82) is 0 Å². The minimum Gasteiger partial charge on any atom is -0.480 e. The van der Waals surface area contributed by atoms with Crippen LogP contribution in [-0.2, 0) is 9.59 Å². The van der Waals surface area contributed by atoms with Gasteiger partial charge in [0.1, 0.15) is 11.9 Å². The van der Waals surface area contributed by atoms with E-state index in [0.717, 1.165) is 12.0 Å². The number of urea groups is 1. The molecule has 3 amide bonds. The molecule has 3 rings (SSSR count). The summed E-state index contributed by atoms with van der Waals surface area (Å²) in [6.45, 7) is 0.412. The molecule has 30 heavy (non-hydrogen) atoms. The molecule has 1 aliphatic carbocycles. The van der Waals surface area contributed by atoms with Crippen molar-refractivity contribution in [2.24, 2.45) is 22.6 Å². The summed E-state index contributed by atoms with van der Waals surface area (Å²) < 4.78 is 40.7. The van der Waals surface area contributed by atoms with Crippen molar-refractivity contribution in [2.45, 2.75) is 63.2 Å². The number of hydrogen-bond donors (Lipinski definition) is 3. The first-order chi connectivity index (χ1) is 14.1. The van der Waals surface area contributed by atoms with Gasteiger partial charge in [0.05, 0.1) is 5.92 Å². The molecule has 4 N–H and O–H groups in total. The number of aliphatic imine (C=N–C) groups is 1. The van der Waals surface area contributed by atoms with Crippen LogP contribution in [0.1, 0.15) is 44.9 Å². The van der Waals surface area contributed by atoms with Crippen LogP contribution in [0.2, 0.25) is 0 Å². The highest BCUT2D eigenvalue weighted by Gasteiger charge is 2.56. The number of nitrogens with zero attached hydrogens (tertiary/aromatic N) is 2. The summed E-state index contributed by atoms with van der Waals surface area (Å²) in [5, 5.41) is 11.4. The van der Waals surface area contributed by atoms with Gasteiger partial charge < -0.3 is 16.2 Å². The first-order valence-electron chi connectivity index (χ1n) is 10.0. The van der Waals surface area contributed by atoms with E-state index in [4.69, 9.17) is 5.73 Å². The van der Waals surface area contributed by atoms with Crippen molar-refractivity contribution in [3.63, 3.8) is 0 Å². The highest BCUT2D eigenvalue weighted by Crippen LogP contribution is 2.37. The van der Waals surface area contributed by atoms with E-state index in [2.05, 4.69) is 4.99 Å². The van der Waals surface area contributed by atoms with Gasteiger partial charge in [0, 0.05) is 6.54 Å². The molecule has 0 unspecified atom stereocenters. The number of carboxylic acid groups (broad SMARTS) is 1. The summed E-state index contributed by atoms with van der Waals surface area (Å²) in [6, 6.07) is -4.93. The zero-order valence-corrected chi connectivity index (χ0v) is 16.3. The summed E-state index contributed by atoms with van der Waals surface area (Å²) in [5.74, 6) is -3.78. The van der Waals surface area contributed by atoms with Crippen molar-refractivity contribution >= 4 is 23.7 Å². The van der Waals surface area contributed by atoms with Gasteiger partial charge >= 0.3 is 18.2 Å². The third-order valence-electron chi connectivity index (χ3n) is 6.00. The Morgan fingerprint density at radius 1 is 1.30 bits per heavy atom. The lowest BCUT2D eigenvalue weighted by Gasteiger charge is -2.44. The lowest BCUT2D eigenvalue weighted by atomic mass is 9.81. The van der Waals surface area contributed by atoms with Gasteiger partial charge in [0.25, 0.3) is 0 Å². The predicted octanol–water partition coefficient (Wildman–Crippen LogP) is 2.20. The number of alkyl halides is 3. The van der Waals surface area contributed by atoms with Gasteiger partial charge in [0.15, 0.2) is 6.04 Å².